The number of carboxylic acids is 1. The zero-order chi connectivity index (χ0) is 10.7. The Kier molecular flexibility index (Phi) is 3.93. The summed E-state index contributed by atoms with van der Waals surface area (Å²) in [7, 11) is 2.09. The molecule has 2 atom stereocenters. The number of nitrogens with zero attached hydrogens (tertiary/aromatic N) is 1. The highest BCUT2D eigenvalue weighted by atomic mass is 16.4. The van der Waals surface area contributed by atoms with Crippen molar-refractivity contribution < 1.29 is 9.90 Å². The minimum atomic E-state index is -0.639. The third-order valence-corrected chi connectivity index (χ3v) is 3.32. The Morgan fingerprint density at radius 1 is 1.57 bits per heavy atom. The average Bonchev–Trinajstić information content (AvgIpc) is 2.46. The number of carbonyl (C=O) groups is 1. The Bertz CT molecular complexity index is 203. The highest BCUT2D eigenvalue weighted by Gasteiger charge is 2.29. The van der Waals surface area contributed by atoms with Crippen LogP contribution in [0, 0.1) is 11.8 Å². The second-order valence-corrected chi connectivity index (χ2v) is 4.70. The number of aliphatic carboxylic acids is 1. The van der Waals surface area contributed by atoms with Crippen LogP contribution in [0.25, 0.3) is 0 Å². The Morgan fingerprint density at radius 2 is 2.21 bits per heavy atom. The van der Waals surface area contributed by atoms with Crippen molar-refractivity contribution in [1.29, 1.82) is 0 Å². The topological polar surface area (TPSA) is 40.5 Å². The van der Waals surface area contributed by atoms with Crippen LogP contribution in [-0.4, -0.2) is 35.6 Å². The lowest BCUT2D eigenvalue weighted by molar-refractivity contribution is -0.144. The van der Waals surface area contributed by atoms with Gasteiger partial charge in [-0.25, -0.2) is 0 Å². The van der Waals surface area contributed by atoms with Crippen LogP contribution in [-0.2, 0) is 4.79 Å². The fourth-order valence-electron chi connectivity index (χ4n) is 2.23. The molecule has 0 aromatic heterocycles. The minimum Gasteiger partial charge on any atom is -0.481 e. The van der Waals surface area contributed by atoms with E-state index in [-0.39, 0.29) is 11.8 Å². The molecule has 1 heterocycles. The maximum Gasteiger partial charge on any atom is 0.306 e. The second kappa shape index (κ2) is 4.78. The largest absolute Gasteiger partial charge is 0.481 e. The van der Waals surface area contributed by atoms with E-state index >= 15 is 0 Å². The van der Waals surface area contributed by atoms with Gasteiger partial charge in [-0.2, -0.15) is 0 Å². The summed E-state index contributed by atoms with van der Waals surface area (Å²) in [5, 5.41) is 9.07. The lowest BCUT2D eigenvalue weighted by Gasteiger charge is -2.24. The molecular weight excluding hydrogens is 178 g/mol. The van der Waals surface area contributed by atoms with Crippen LogP contribution in [0.1, 0.15) is 33.1 Å². The molecule has 1 aliphatic heterocycles. The van der Waals surface area contributed by atoms with Crippen molar-refractivity contribution in [2.24, 2.45) is 11.8 Å². The van der Waals surface area contributed by atoms with E-state index in [4.69, 9.17) is 5.11 Å². The molecule has 0 bridgehead atoms. The summed E-state index contributed by atoms with van der Waals surface area (Å²) in [4.78, 5) is 13.3. The van der Waals surface area contributed by atoms with Crippen molar-refractivity contribution in [2.45, 2.75) is 39.2 Å². The first-order valence-corrected chi connectivity index (χ1v) is 5.45. The van der Waals surface area contributed by atoms with E-state index in [2.05, 4.69) is 11.9 Å². The van der Waals surface area contributed by atoms with Crippen molar-refractivity contribution >= 4 is 5.97 Å². The Labute approximate surface area is 86.1 Å². The quantitative estimate of drug-likeness (QED) is 0.751. The molecule has 2 unspecified atom stereocenters. The van der Waals surface area contributed by atoms with Crippen LogP contribution in [0.3, 0.4) is 0 Å². The van der Waals surface area contributed by atoms with Gasteiger partial charge in [0.2, 0.25) is 0 Å². The standard InChI is InChI=1S/C11H21NO2/c1-8(2)10(11(13)14)7-9-5-4-6-12(9)3/h8-10H,4-7H2,1-3H3,(H,13,14). The summed E-state index contributed by atoms with van der Waals surface area (Å²) in [5.74, 6) is -0.581. The molecule has 0 saturated carbocycles. The highest BCUT2D eigenvalue weighted by Crippen LogP contribution is 2.25. The summed E-state index contributed by atoms with van der Waals surface area (Å²) in [6.45, 7) is 5.11. The molecule has 1 saturated heterocycles. The number of hydrogen-bond donors (Lipinski definition) is 1. The normalized spacial score (nSPS) is 25.6. The second-order valence-electron chi connectivity index (χ2n) is 4.70. The molecule has 0 radical (unpaired) electrons. The molecule has 0 aromatic rings. The first kappa shape index (κ1) is 11.5. The Balaban J connectivity index is 2.50. The molecule has 1 fully saturated rings. The summed E-state index contributed by atoms with van der Waals surface area (Å²) >= 11 is 0. The van der Waals surface area contributed by atoms with E-state index in [1.165, 1.54) is 6.42 Å². The van der Waals surface area contributed by atoms with Gasteiger partial charge in [-0.3, -0.25) is 4.79 Å². The van der Waals surface area contributed by atoms with Gasteiger partial charge in [0.05, 0.1) is 5.92 Å². The summed E-state index contributed by atoms with van der Waals surface area (Å²) in [5.41, 5.74) is 0. The van der Waals surface area contributed by atoms with Crippen LogP contribution in [0.2, 0.25) is 0 Å². The van der Waals surface area contributed by atoms with Crippen molar-refractivity contribution in [1.82, 2.24) is 4.90 Å². The van der Waals surface area contributed by atoms with Gasteiger partial charge in [-0.15, -0.1) is 0 Å². The van der Waals surface area contributed by atoms with Crippen LogP contribution >= 0.6 is 0 Å². The van der Waals surface area contributed by atoms with Crippen molar-refractivity contribution in [3.8, 4) is 0 Å². The molecule has 1 rings (SSSR count). The van der Waals surface area contributed by atoms with Gasteiger partial charge in [0.25, 0.3) is 0 Å². The summed E-state index contributed by atoms with van der Waals surface area (Å²) in [6, 6.07) is 0.485. The zero-order valence-electron chi connectivity index (χ0n) is 9.36. The predicted octanol–water partition coefficient (Wildman–Crippen LogP) is 1.83. The van der Waals surface area contributed by atoms with E-state index in [1.54, 1.807) is 0 Å². The lowest BCUT2D eigenvalue weighted by atomic mass is 9.88. The molecule has 0 spiro atoms. The lowest BCUT2D eigenvalue weighted by Crippen LogP contribution is -2.31. The van der Waals surface area contributed by atoms with Gasteiger partial charge in [-0.05, 0) is 38.8 Å². The molecule has 1 aliphatic rings. The number of rotatable bonds is 4. The third kappa shape index (κ3) is 2.71. The molecular formula is C11H21NO2. The van der Waals surface area contributed by atoms with Crippen molar-refractivity contribution in [3.63, 3.8) is 0 Å². The molecule has 0 aromatic carbocycles. The van der Waals surface area contributed by atoms with Gasteiger partial charge in [0.15, 0.2) is 0 Å². The molecule has 3 nitrogen and oxygen atoms in total. The van der Waals surface area contributed by atoms with Gasteiger partial charge < -0.3 is 10.0 Å². The van der Waals surface area contributed by atoms with E-state index < -0.39 is 5.97 Å². The minimum absolute atomic E-state index is 0.180. The summed E-state index contributed by atoms with van der Waals surface area (Å²) < 4.78 is 0. The van der Waals surface area contributed by atoms with Crippen LogP contribution in [0.15, 0.2) is 0 Å². The smallest absolute Gasteiger partial charge is 0.306 e. The van der Waals surface area contributed by atoms with E-state index in [0.717, 1.165) is 19.4 Å². The predicted molar refractivity (Wildman–Crippen MR) is 56.2 cm³/mol. The van der Waals surface area contributed by atoms with Crippen LogP contribution in [0.5, 0.6) is 0 Å². The number of hydrogen-bond acceptors (Lipinski definition) is 2. The maximum atomic E-state index is 11.0. The van der Waals surface area contributed by atoms with Crippen molar-refractivity contribution in [2.75, 3.05) is 13.6 Å². The fraction of sp³-hybridized carbons (Fsp3) is 0.909. The molecule has 0 amide bonds. The van der Waals surface area contributed by atoms with Gasteiger partial charge in [0, 0.05) is 6.04 Å². The van der Waals surface area contributed by atoms with E-state index in [0.29, 0.717) is 6.04 Å². The Hall–Kier alpha value is -0.570. The van der Waals surface area contributed by atoms with Gasteiger partial charge in [0.1, 0.15) is 0 Å². The van der Waals surface area contributed by atoms with E-state index in [1.807, 2.05) is 13.8 Å². The molecule has 14 heavy (non-hydrogen) atoms. The summed E-state index contributed by atoms with van der Waals surface area (Å²) in [6.07, 6.45) is 3.18. The molecule has 1 N–H and O–H groups in total. The first-order valence-electron chi connectivity index (χ1n) is 5.45. The molecule has 0 aliphatic carbocycles. The monoisotopic (exact) mass is 199 g/mol. The van der Waals surface area contributed by atoms with Crippen molar-refractivity contribution in [3.05, 3.63) is 0 Å². The third-order valence-electron chi connectivity index (χ3n) is 3.32. The highest BCUT2D eigenvalue weighted by molar-refractivity contribution is 5.70. The first-order chi connectivity index (χ1) is 6.52. The SMILES string of the molecule is CC(C)C(CC1CCCN1C)C(=O)O. The number of carboxylic acid groups (broad SMARTS) is 1. The molecule has 82 valence electrons. The number of likely N-dealkylation sites (tertiary alicyclic amines) is 1. The zero-order valence-corrected chi connectivity index (χ0v) is 9.36. The Morgan fingerprint density at radius 3 is 2.57 bits per heavy atom. The average molecular weight is 199 g/mol. The maximum absolute atomic E-state index is 11.0. The molecule has 3 heteroatoms. The van der Waals surface area contributed by atoms with Crippen LogP contribution in [0.4, 0.5) is 0 Å². The van der Waals surface area contributed by atoms with Gasteiger partial charge >= 0.3 is 5.97 Å². The van der Waals surface area contributed by atoms with E-state index in [9.17, 15) is 4.79 Å². The van der Waals surface area contributed by atoms with Crippen LogP contribution < -0.4 is 0 Å². The van der Waals surface area contributed by atoms with Gasteiger partial charge in [-0.1, -0.05) is 13.8 Å². The fourth-order valence-corrected chi connectivity index (χ4v) is 2.23.